The van der Waals surface area contributed by atoms with Gasteiger partial charge in [0, 0.05) is 12.5 Å². The summed E-state index contributed by atoms with van der Waals surface area (Å²) in [6, 6.07) is 31.1. The fraction of sp³-hybridized carbons (Fsp3) is 0.333. The van der Waals surface area contributed by atoms with E-state index in [9.17, 15) is 0 Å². The van der Waals surface area contributed by atoms with Crippen LogP contribution in [0.3, 0.4) is 0 Å². The van der Waals surface area contributed by atoms with Gasteiger partial charge < -0.3 is 14.2 Å². The van der Waals surface area contributed by atoms with E-state index in [4.69, 9.17) is 14.2 Å². The van der Waals surface area contributed by atoms with Crippen LogP contribution in [-0.2, 0) is 34.0 Å². The molecule has 1 aliphatic rings. The van der Waals surface area contributed by atoms with Crippen LogP contribution in [0.1, 0.15) is 23.1 Å². The average Bonchev–Trinajstić information content (AvgIpc) is 3.14. The van der Waals surface area contributed by atoms with Crippen LogP contribution < -0.4 is 0 Å². The second-order valence-electron chi connectivity index (χ2n) is 8.23. The van der Waals surface area contributed by atoms with Crippen molar-refractivity contribution < 1.29 is 14.2 Å². The van der Waals surface area contributed by atoms with Gasteiger partial charge in [-0.1, -0.05) is 91.0 Å². The molecule has 0 N–H and O–H groups in total. The van der Waals surface area contributed by atoms with Gasteiger partial charge >= 0.3 is 0 Å². The third kappa shape index (κ3) is 6.25. The van der Waals surface area contributed by atoms with E-state index in [0.717, 1.165) is 17.5 Å². The van der Waals surface area contributed by atoms with E-state index in [1.165, 1.54) is 5.56 Å². The van der Waals surface area contributed by atoms with Gasteiger partial charge in [-0.25, -0.2) is 0 Å². The van der Waals surface area contributed by atoms with E-state index in [2.05, 4.69) is 48.3 Å². The lowest BCUT2D eigenvalue weighted by Crippen LogP contribution is -2.38. The molecule has 3 aromatic carbocycles. The molecule has 0 spiro atoms. The van der Waals surface area contributed by atoms with E-state index in [1.54, 1.807) is 0 Å². The van der Waals surface area contributed by atoms with Crippen molar-refractivity contribution in [3.63, 3.8) is 0 Å². The highest BCUT2D eigenvalue weighted by molar-refractivity contribution is 5.15. The molecule has 0 radical (unpaired) electrons. The maximum absolute atomic E-state index is 6.44. The standard InChI is InChI=1S/C27H31NO3/c1-28-22-27(30-19-24-13-7-3-8-14-24,31-20-25-15-9-4-10-16-25)17-26(28)21-29-18-23-11-5-2-6-12-23/h2-16,26H,17-22H2,1H3. The molecule has 0 amide bonds. The molecular weight excluding hydrogens is 386 g/mol. The van der Waals surface area contributed by atoms with Crippen molar-refractivity contribution in [2.45, 2.75) is 38.1 Å². The Hall–Kier alpha value is -2.50. The first-order valence-electron chi connectivity index (χ1n) is 10.9. The summed E-state index contributed by atoms with van der Waals surface area (Å²) in [6.07, 6.45) is 0.776. The number of hydrogen-bond acceptors (Lipinski definition) is 4. The van der Waals surface area contributed by atoms with Gasteiger partial charge in [0.05, 0.1) is 33.0 Å². The Morgan fingerprint density at radius 1 is 0.710 bits per heavy atom. The van der Waals surface area contributed by atoms with Gasteiger partial charge in [-0.05, 0) is 23.7 Å². The second-order valence-corrected chi connectivity index (χ2v) is 8.23. The lowest BCUT2D eigenvalue weighted by molar-refractivity contribution is -0.241. The maximum atomic E-state index is 6.44. The monoisotopic (exact) mass is 417 g/mol. The number of hydrogen-bond donors (Lipinski definition) is 0. The summed E-state index contributed by atoms with van der Waals surface area (Å²) in [7, 11) is 2.12. The molecule has 0 aromatic heterocycles. The Morgan fingerprint density at radius 3 is 1.65 bits per heavy atom. The average molecular weight is 418 g/mol. The van der Waals surface area contributed by atoms with Gasteiger partial charge in [-0.2, -0.15) is 0 Å². The summed E-state index contributed by atoms with van der Waals surface area (Å²) in [4.78, 5) is 2.29. The highest BCUT2D eigenvalue weighted by Crippen LogP contribution is 2.33. The van der Waals surface area contributed by atoms with Crippen LogP contribution in [0.2, 0.25) is 0 Å². The zero-order valence-corrected chi connectivity index (χ0v) is 18.2. The molecular formula is C27H31NO3. The molecule has 1 aliphatic heterocycles. The topological polar surface area (TPSA) is 30.9 Å². The van der Waals surface area contributed by atoms with Gasteiger partial charge in [-0.15, -0.1) is 0 Å². The van der Waals surface area contributed by atoms with Crippen molar-refractivity contribution in [1.82, 2.24) is 4.90 Å². The SMILES string of the molecule is CN1CC(OCc2ccccc2)(OCc2ccccc2)CC1COCc1ccccc1. The Labute approximate surface area is 185 Å². The van der Waals surface area contributed by atoms with E-state index >= 15 is 0 Å². The fourth-order valence-corrected chi connectivity index (χ4v) is 3.99. The number of likely N-dealkylation sites (N-methyl/N-ethyl adjacent to an activating group) is 1. The van der Waals surface area contributed by atoms with Gasteiger partial charge in [0.15, 0.2) is 5.79 Å². The quantitative estimate of drug-likeness (QED) is 0.433. The summed E-state index contributed by atoms with van der Waals surface area (Å²) >= 11 is 0. The van der Waals surface area contributed by atoms with E-state index < -0.39 is 5.79 Å². The summed E-state index contributed by atoms with van der Waals surface area (Å²) in [5.74, 6) is -0.652. The minimum absolute atomic E-state index is 0.246. The fourth-order valence-electron chi connectivity index (χ4n) is 3.99. The van der Waals surface area contributed by atoms with Crippen LogP contribution in [-0.4, -0.2) is 36.9 Å². The zero-order chi connectivity index (χ0) is 21.4. The number of ether oxygens (including phenoxy) is 3. The summed E-state index contributed by atoms with van der Waals surface area (Å²) < 4.78 is 18.9. The van der Waals surface area contributed by atoms with Crippen molar-refractivity contribution in [2.75, 3.05) is 20.2 Å². The smallest absolute Gasteiger partial charge is 0.183 e. The molecule has 31 heavy (non-hydrogen) atoms. The molecule has 0 bridgehead atoms. The lowest BCUT2D eigenvalue weighted by Gasteiger charge is -2.30. The Morgan fingerprint density at radius 2 is 1.16 bits per heavy atom. The van der Waals surface area contributed by atoms with Crippen molar-refractivity contribution in [2.24, 2.45) is 0 Å². The Balaban J connectivity index is 1.39. The highest BCUT2D eigenvalue weighted by atomic mass is 16.7. The van der Waals surface area contributed by atoms with Crippen LogP contribution >= 0.6 is 0 Å². The Bertz CT molecular complexity index is 858. The predicted molar refractivity (Wildman–Crippen MR) is 122 cm³/mol. The summed E-state index contributed by atoms with van der Waals surface area (Å²) in [5.41, 5.74) is 3.49. The van der Waals surface area contributed by atoms with E-state index in [0.29, 0.717) is 33.0 Å². The van der Waals surface area contributed by atoms with Gasteiger partial charge in [0.1, 0.15) is 0 Å². The van der Waals surface area contributed by atoms with Crippen molar-refractivity contribution in [3.05, 3.63) is 108 Å². The molecule has 1 unspecified atom stereocenters. The van der Waals surface area contributed by atoms with Gasteiger partial charge in [0.25, 0.3) is 0 Å². The first-order valence-corrected chi connectivity index (χ1v) is 10.9. The molecule has 0 saturated carbocycles. The molecule has 1 fully saturated rings. The molecule has 4 nitrogen and oxygen atoms in total. The lowest BCUT2D eigenvalue weighted by atomic mass is 10.1. The summed E-state index contributed by atoms with van der Waals surface area (Å²) in [6.45, 7) is 3.04. The third-order valence-corrected chi connectivity index (χ3v) is 5.77. The first-order chi connectivity index (χ1) is 15.2. The van der Waals surface area contributed by atoms with E-state index in [-0.39, 0.29) is 6.04 Å². The second kappa shape index (κ2) is 10.7. The molecule has 1 saturated heterocycles. The van der Waals surface area contributed by atoms with E-state index in [1.807, 2.05) is 54.6 Å². The van der Waals surface area contributed by atoms with Crippen LogP contribution in [0.5, 0.6) is 0 Å². The van der Waals surface area contributed by atoms with Crippen molar-refractivity contribution >= 4 is 0 Å². The van der Waals surface area contributed by atoms with Gasteiger partial charge in [0.2, 0.25) is 0 Å². The molecule has 1 heterocycles. The minimum atomic E-state index is -0.652. The largest absolute Gasteiger partial charge is 0.375 e. The predicted octanol–water partition coefficient (Wildman–Crippen LogP) is 5.04. The number of benzene rings is 3. The molecule has 4 heteroatoms. The number of rotatable bonds is 10. The van der Waals surface area contributed by atoms with Gasteiger partial charge in [-0.3, -0.25) is 4.90 Å². The summed E-state index contributed by atoms with van der Waals surface area (Å²) in [5, 5.41) is 0. The zero-order valence-electron chi connectivity index (χ0n) is 18.2. The highest BCUT2D eigenvalue weighted by Gasteiger charge is 2.44. The third-order valence-electron chi connectivity index (χ3n) is 5.77. The number of likely N-dealkylation sites (tertiary alicyclic amines) is 1. The number of nitrogens with zero attached hydrogens (tertiary/aromatic N) is 1. The minimum Gasteiger partial charge on any atom is -0.375 e. The maximum Gasteiger partial charge on any atom is 0.183 e. The van der Waals surface area contributed by atoms with Crippen LogP contribution in [0.4, 0.5) is 0 Å². The molecule has 162 valence electrons. The van der Waals surface area contributed by atoms with Crippen molar-refractivity contribution in [3.8, 4) is 0 Å². The molecule has 3 aromatic rings. The van der Waals surface area contributed by atoms with Crippen molar-refractivity contribution in [1.29, 1.82) is 0 Å². The normalized spacial score (nSPS) is 18.3. The van der Waals surface area contributed by atoms with Crippen LogP contribution in [0.15, 0.2) is 91.0 Å². The first kappa shape index (κ1) is 21.7. The molecule has 0 aliphatic carbocycles. The van der Waals surface area contributed by atoms with Crippen LogP contribution in [0, 0.1) is 0 Å². The molecule has 1 atom stereocenters. The van der Waals surface area contributed by atoms with Crippen LogP contribution in [0.25, 0.3) is 0 Å². The molecule has 4 rings (SSSR count). The Kier molecular flexibility index (Phi) is 7.49.